The van der Waals surface area contributed by atoms with Gasteiger partial charge in [0.25, 0.3) is 5.91 Å². The third kappa shape index (κ3) is 2.48. The minimum absolute atomic E-state index is 0.0217. The number of nitrogens with one attached hydrogen (secondary N) is 1. The number of alkyl halides is 3. The summed E-state index contributed by atoms with van der Waals surface area (Å²) in [7, 11) is 0. The van der Waals surface area contributed by atoms with Gasteiger partial charge in [-0.05, 0) is 19.1 Å². The van der Waals surface area contributed by atoms with Gasteiger partial charge in [-0.1, -0.05) is 6.07 Å². The summed E-state index contributed by atoms with van der Waals surface area (Å²) < 4.78 is 37.1. The molecule has 1 unspecified atom stereocenters. The molecule has 0 aliphatic carbocycles. The summed E-state index contributed by atoms with van der Waals surface area (Å²) in [6.07, 6.45) is -3.47. The number of aromatic nitrogens is 1. The molecule has 1 aromatic heterocycles. The lowest BCUT2D eigenvalue weighted by molar-refractivity contribution is -0.184. The molecule has 0 aromatic carbocycles. The third-order valence-corrected chi connectivity index (χ3v) is 1.97. The standard InChI is InChI=1S/C9H10F3N3O/c1-8(13,9(10,11)12)7(16)15-6-4-2-3-5-14-6/h2-5H,13H2,1H3,(H,14,15,16). The van der Waals surface area contributed by atoms with Crippen LogP contribution in [0.1, 0.15) is 6.92 Å². The Hall–Kier alpha value is -1.63. The number of rotatable bonds is 2. The van der Waals surface area contributed by atoms with Crippen molar-refractivity contribution in [2.24, 2.45) is 5.73 Å². The SMILES string of the molecule is CC(N)(C(=O)Nc1ccccn1)C(F)(F)F. The van der Waals surface area contributed by atoms with Crippen molar-refractivity contribution in [2.75, 3.05) is 5.32 Å². The molecule has 0 spiro atoms. The summed E-state index contributed by atoms with van der Waals surface area (Å²) in [6.45, 7) is 0.602. The number of carbonyl (C=O) groups is 1. The number of hydrogen-bond donors (Lipinski definition) is 2. The Labute approximate surface area is 89.7 Å². The van der Waals surface area contributed by atoms with Crippen LogP contribution in [0.5, 0.6) is 0 Å². The van der Waals surface area contributed by atoms with Crippen LogP contribution < -0.4 is 11.1 Å². The topological polar surface area (TPSA) is 68.0 Å². The minimum atomic E-state index is -4.81. The van der Waals surface area contributed by atoms with Gasteiger partial charge in [-0.3, -0.25) is 4.79 Å². The van der Waals surface area contributed by atoms with Crippen molar-refractivity contribution in [3.8, 4) is 0 Å². The molecule has 4 nitrogen and oxygen atoms in total. The van der Waals surface area contributed by atoms with E-state index in [1.54, 1.807) is 6.07 Å². The Morgan fingerprint density at radius 1 is 1.44 bits per heavy atom. The van der Waals surface area contributed by atoms with Crippen molar-refractivity contribution in [1.29, 1.82) is 0 Å². The zero-order chi connectivity index (χ0) is 12.4. The second kappa shape index (κ2) is 4.09. The van der Waals surface area contributed by atoms with Gasteiger partial charge in [0.1, 0.15) is 5.82 Å². The molecule has 16 heavy (non-hydrogen) atoms. The molecule has 1 aromatic rings. The molecule has 88 valence electrons. The number of pyridine rings is 1. The molecular weight excluding hydrogens is 223 g/mol. The van der Waals surface area contributed by atoms with E-state index in [0.29, 0.717) is 6.92 Å². The van der Waals surface area contributed by atoms with Gasteiger partial charge in [-0.2, -0.15) is 13.2 Å². The van der Waals surface area contributed by atoms with Crippen LogP contribution in [0.4, 0.5) is 19.0 Å². The first-order valence-corrected chi connectivity index (χ1v) is 4.33. The molecule has 0 saturated heterocycles. The molecule has 1 amide bonds. The highest BCUT2D eigenvalue weighted by Gasteiger charge is 2.54. The van der Waals surface area contributed by atoms with E-state index in [1.165, 1.54) is 18.3 Å². The van der Waals surface area contributed by atoms with E-state index in [2.05, 4.69) is 4.98 Å². The van der Waals surface area contributed by atoms with E-state index in [1.807, 2.05) is 5.32 Å². The number of anilines is 1. The molecule has 3 N–H and O–H groups in total. The normalized spacial score (nSPS) is 15.3. The Bertz CT molecular complexity index is 375. The number of halogens is 3. The molecule has 1 rings (SSSR count). The molecule has 0 bridgehead atoms. The quantitative estimate of drug-likeness (QED) is 0.809. The molecule has 0 aliphatic heterocycles. The van der Waals surface area contributed by atoms with Crippen LogP contribution in [0.25, 0.3) is 0 Å². The van der Waals surface area contributed by atoms with Gasteiger partial charge >= 0.3 is 6.18 Å². The summed E-state index contributed by atoms with van der Waals surface area (Å²) in [6, 6.07) is 4.47. The largest absolute Gasteiger partial charge is 0.415 e. The summed E-state index contributed by atoms with van der Waals surface area (Å²) in [5, 5.41) is 1.99. The summed E-state index contributed by atoms with van der Waals surface area (Å²) in [4.78, 5) is 14.9. The van der Waals surface area contributed by atoms with Crippen molar-refractivity contribution in [3.05, 3.63) is 24.4 Å². The molecule has 0 fully saturated rings. The maximum Gasteiger partial charge on any atom is 0.415 e. The summed E-state index contributed by atoms with van der Waals surface area (Å²) >= 11 is 0. The van der Waals surface area contributed by atoms with Crippen molar-refractivity contribution < 1.29 is 18.0 Å². The lowest BCUT2D eigenvalue weighted by Crippen LogP contribution is -2.59. The fourth-order valence-corrected chi connectivity index (χ4v) is 0.812. The van der Waals surface area contributed by atoms with Crippen LogP contribution in [0.2, 0.25) is 0 Å². The van der Waals surface area contributed by atoms with Crippen LogP contribution in [0, 0.1) is 0 Å². The first-order valence-electron chi connectivity index (χ1n) is 4.33. The molecule has 0 saturated carbocycles. The van der Waals surface area contributed by atoms with Gasteiger partial charge < -0.3 is 11.1 Å². The van der Waals surface area contributed by atoms with Crippen molar-refractivity contribution >= 4 is 11.7 Å². The Kier molecular flexibility index (Phi) is 3.18. The van der Waals surface area contributed by atoms with Crippen molar-refractivity contribution in [3.63, 3.8) is 0 Å². The average molecular weight is 233 g/mol. The van der Waals surface area contributed by atoms with E-state index in [4.69, 9.17) is 5.73 Å². The number of carbonyl (C=O) groups excluding carboxylic acids is 1. The van der Waals surface area contributed by atoms with Crippen LogP contribution in [-0.2, 0) is 4.79 Å². The molecule has 1 atom stereocenters. The predicted octanol–water partition coefficient (Wildman–Crippen LogP) is 1.30. The van der Waals surface area contributed by atoms with Gasteiger partial charge in [0, 0.05) is 6.20 Å². The van der Waals surface area contributed by atoms with E-state index < -0.39 is 17.6 Å². The minimum Gasteiger partial charge on any atom is -0.310 e. The van der Waals surface area contributed by atoms with E-state index >= 15 is 0 Å². The monoisotopic (exact) mass is 233 g/mol. The average Bonchev–Trinajstić information content (AvgIpc) is 2.17. The lowest BCUT2D eigenvalue weighted by Gasteiger charge is -2.25. The second-order valence-electron chi connectivity index (χ2n) is 3.37. The van der Waals surface area contributed by atoms with Crippen LogP contribution in [0.3, 0.4) is 0 Å². The lowest BCUT2D eigenvalue weighted by atomic mass is 10.0. The van der Waals surface area contributed by atoms with E-state index in [9.17, 15) is 18.0 Å². The van der Waals surface area contributed by atoms with Crippen LogP contribution in [-0.4, -0.2) is 22.6 Å². The number of hydrogen-bond acceptors (Lipinski definition) is 3. The maximum absolute atomic E-state index is 12.4. The fourth-order valence-electron chi connectivity index (χ4n) is 0.812. The van der Waals surface area contributed by atoms with E-state index in [0.717, 1.165) is 0 Å². The zero-order valence-corrected chi connectivity index (χ0v) is 8.38. The van der Waals surface area contributed by atoms with Crippen molar-refractivity contribution in [1.82, 2.24) is 4.98 Å². The molecular formula is C9H10F3N3O. The third-order valence-electron chi connectivity index (χ3n) is 1.97. The van der Waals surface area contributed by atoms with Crippen LogP contribution in [0.15, 0.2) is 24.4 Å². The van der Waals surface area contributed by atoms with Gasteiger partial charge in [-0.25, -0.2) is 4.98 Å². The molecule has 1 heterocycles. The molecule has 0 radical (unpaired) electrons. The number of amides is 1. The first-order chi connectivity index (χ1) is 7.25. The predicted molar refractivity (Wildman–Crippen MR) is 51.5 cm³/mol. The highest BCUT2D eigenvalue weighted by molar-refractivity contribution is 5.97. The Morgan fingerprint density at radius 2 is 2.06 bits per heavy atom. The fraction of sp³-hybridized carbons (Fsp3) is 0.333. The summed E-state index contributed by atoms with van der Waals surface area (Å²) in [5.41, 5.74) is 1.98. The zero-order valence-electron chi connectivity index (χ0n) is 8.38. The Morgan fingerprint density at radius 3 is 2.50 bits per heavy atom. The maximum atomic E-state index is 12.4. The highest BCUT2D eigenvalue weighted by Crippen LogP contribution is 2.28. The smallest absolute Gasteiger partial charge is 0.310 e. The van der Waals surface area contributed by atoms with Crippen LogP contribution >= 0.6 is 0 Å². The highest BCUT2D eigenvalue weighted by atomic mass is 19.4. The number of nitrogens with two attached hydrogens (primary N) is 1. The van der Waals surface area contributed by atoms with Gasteiger partial charge in [-0.15, -0.1) is 0 Å². The molecule has 7 heteroatoms. The Balaban J connectivity index is 2.81. The van der Waals surface area contributed by atoms with Gasteiger partial charge in [0.05, 0.1) is 0 Å². The van der Waals surface area contributed by atoms with Gasteiger partial charge in [0.2, 0.25) is 0 Å². The van der Waals surface area contributed by atoms with Crippen molar-refractivity contribution in [2.45, 2.75) is 18.6 Å². The summed E-state index contributed by atoms with van der Waals surface area (Å²) in [5.74, 6) is -1.33. The van der Waals surface area contributed by atoms with Gasteiger partial charge in [0.15, 0.2) is 5.54 Å². The second-order valence-corrected chi connectivity index (χ2v) is 3.37. The number of nitrogens with zero attached hydrogens (tertiary/aromatic N) is 1. The first kappa shape index (κ1) is 12.4. The van der Waals surface area contributed by atoms with E-state index in [-0.39, 0.29) is 5.82 Å². The molecule has 0 aliphatic rings.